The molecule has 2 aromatic heterocycles. The van der Waals surface area contributed by atoms with E-state index < -0.39 is 0 Å². The quantitative estimate of drug-likeness (QED) is 0.398. The zero-order valence-corrected chi connectivity index (χ0v) is 22.3. The van der Waals surface area contributed by atoms with E-state index in [-0.39, 0.29) is 23.3 Å². The molecule has 0 radical (unpaired) electrons. The van der Waals surface area contributed by atoms with E-state index >= 15 is 0 Å². The number of hydrogen-bond donors (Lipinski definition) is 1. The van der Waals surface area contributed by atoms with Crippen LogP contribution in [0, 0.1) is 12.8 Å². The van der Waals surface area contributed by atoms with Gasteiger partial charge in [0.1, 0.15) is 0 Å². The lowest BCUT2D eigenvalue weighted by atomic mass is 9.80. The van der Waals surface area contributed by atoms with Gasteiger partial charge in [-0.05, 0) is 67.5 Å². The highest BCUT2D eigenvalue weighted by atomic mass is 16.2. The first-order valence-corrected chi connectivity index (χ1v) is 13.8. The van der Waals surface area contributed by atoms with Crippen LogP contribution in [0.3, 0.4) is 0 Å². The van der Waals surface area contributed by atoms with Gasteiger partial charge in [-0.15, -0.1) is 0 Å². The van der Waals surface area contributed by atoms with Crippen LogP contribution in [-0.2, 0) is 24.9 Å². The Hall–Kier alpha value is -3.64. The Morgan fingerprint density at radius 3 is 2.68 bits per heavy atom. The minimum atomic E-state index is -0.169. The maximum Gasteiger partial charge on any atom is 0.250 e. The molecule has 3 heterocycles. The van der Waals surface area contributed by atoms with Crippen LogP contribution in [0.1, 0.15) is 47.4 Å². The van der Waals surface area contributed by atoms with Gasteiger partial charge < -0.3 is 19.4 Å². The van der Waals surface area contributed by atoms with Crippen LogP contribution >= 0.6 is 0 Å². The monoisotopic (exact) mass is 508 g/mol. The Labute approximate surface area is 223 Å². The minimum absolute atomic E-state index is 0.0206. The standard InChI is InChI=1S/C32H36N4O2/c1-22-6-5-7-23(16-22)19-35-20-25(28-8-3-4-9-30(28)35)21-36(26-10-11-26)32(38)29-18-33-14-12-27(29)24-13-15-34(2)31(37)17-24/h3-9,13,15-17,20,26-27,29,33H,10-12,14,18-19,21H2,1-2H3/t27-,29?/m1/s1. The normalized spacial score (nSPS) is 19.5. The van der Waals surface area contributed by atoms with Crippen LogP contribution in [0.2, 0.25) is 0 Å². The van der Waals surface area contributed by atoms with Crippen molar-refractivity contribution in [1.29, 1.82) is 0 Å². The fourth-order valence-electron chi connectivity index (χ4n) is 6.07. The molecule has 1 unspecified atom stereocenters. The number of amides is 1. The van der Waals surface area contributed by atoms with E-state index in [0.29, 0.717) is 19.1 Å². The Kier molecular flexibility index (Phi) is 6.66. The molecule has 196 valence electrons. The SMILES string of the molecule is Cc1cccc(Cn2cc(CN(C(=O)C3CNCC[C@@H]3c3ccn(C)c(=O)c3)C3CC3)c3ccccc32)c1. The van der Waals surface area contributed by atoms with E-state index in [1.165, 1.54) is 27.6 Å². The molecule has 1 saturated carbocycles. The fraction of sp³-hybridized carbons (Fsp3) is 0.375. The van der Waals surface area contributed by atoms with Crippen LogP contribution < -0.4 is 10.9 Å². The van der Waals surface area contributed by atoms with E-state index in [1.807, 2.05) is 12.3 Å². The number of aromatic nitrogens is 2. The van der Waals surface area contributed by atoms with Crippen LogP contribution in [0.4, 0.5) is 0 Å². The molecule has 38 heavy (non-hydrogen) atoms. The first-order chi connectivity index (χ1) is 18.5. The number of hydrogen-bond acceptors (Lipinski definition) is 3. The molecule has 1 N–H and O–H groups in total. The predicted octanol–water partition coefficient (Wildman–Crippen LogP) is 4.58. The van der Waals surface area contributed by atoms with Gasteiger partial charge in [0, 0.05) is 62.1 Å². The summed E-state index contributed by atoms with van der Waals surface area (Å²) in [6.07, 6.45) is 7.04. The summed E-state index contributed by atoms with van der Waals surface area (Å²) in [4.78, 5) is 28.7. The molecule has 0 spiro atoms. The van der Waals surface area contributed by atoms with Crippen LogP contribution in [0.5, 0.6) is 0 Å². The Bertz CT molecular complexity index is 1530. The molecule has 2 fully saturated rings. The number of rotatable bonds is 7. The molecule has 4 aromatic rings. The molecule has 2 aromatic carbocycles. The highest BCUT2D eigenvalue weighted by Gasteiger charge is 2.40. The number of fused-ring (bicyclic) bond motifs is 1. The van der Waals surface area contributed by atoms with Crippen LogP contribution in [-0.4, -0.2) is 39.1 Å². The van der Waals surface area contributed by atoms with E-state index in [1.54, 1.807) is 17.7 Å². The van der Waals surface area contributed by atoms with Gasteiger partial charge in [0.15, 0.2) is 0 Å². The molecule has 0 bridgehead atoms. The number of carbonyl (C=O) groups is 1. The number of para-hydroxylation sites is 1. The molecule has 1 aliphatic carbocycles. The van der Waals surface area contributed by atoms with Gasteiger partial charge in [-0.25, -0.2) is 0 Å². The van der Waals surface area contributed by atoms with Gasteiger partial charge >= 0.3 is 0 Å². The molecule has 6 nitrogen and oxygen atoms in total. The lowest BCUT2D eigenvalue weighted by molar-refractivity contribution is -0.138. The summed E-state index contributed by atoms with van der Waals surface area (Å²) in [6, 6.07) is 21.2. The van der Waals surface area contributed by atoms with Gasteiger partial charge in [-0.1, -0.05) is 48.0 Å². The van der Waals surface area contributed by atoms with Crippen molar-refractivity contribution in [2.75, 3.05) is 13.1 Å². The maximum absolute atomic E-state index is 14.2. The highest BCUT2D eigenvalue weighted by molar-refractivity contribution is 5.86. The van der Waals surface area contributed by atoms with Crippen molar-refractivity contribution < 1.29 is 4.79 Å². The molecule has 1 amide bonds. The smallest absolute Gasteiger partial charge is 0.250 e. The summed E-state index contributed by atoms with van der Waals surface area (Å²) in [5.74, 6) is 0.0968. The van der Waals surface area contributed by atoms with E-state index in [9.17, 15) is 9.59 Å². The van der Waals surface area contributed by atoms with Gasteiger partial charge in [0.2, 0.25) is 5.91 Å². The van der Waals surface area contributed by atoms with Crippen molar-refractivity contribution in [3.8, 4) is 0 Å². The third kappa shape index (κ3) is 4.93. The summed E-state index contributed by atoms with van der Waals surface area (Å²) in [5.41, 5.74) is 5.90. The molecule has 6 rings (SSSR count). The largest absolute Gasteiger partial charge is 0.343 e. The number of pyridine rings is 1. The number of carbonyl (C=O) groups excluding carboxylic acids is 1. The van der Waals surface area contributed by atoms with Crippen molar-refractivity contribution in [2.45, 2.75) is 51.2 Å². The van der Waals surface area contributed by atoms with Gasteiger partial charge in [-0.3, -0.25) is 9.59 Å². The molecule has 1 aliphatic heterocycles. The third-order valence-corrected chi connectivity index (χ3v) is 8.27. The second kappa shape index (κ2) is 10.3. The van der Waals surface area contributed by atoms with E-state index in [4.69, 9.17) is 0 Å². The highest BCUT2D eigenvalue weighted by Crippen LogP contribution is 2.36. The number of nitrogens with one attached hydrogen (secondary N) is 1. The lowest BCUT2D eigenvalue weighted by Gasteiger charge is -2.35. The number of piperidine rings is 1. The fourth-order valence-corrected chi connectivity index (χ4v) is 6.07. The Morgan fingerprint density at radius 1 is 1.05 bits per heavy atom. The molecule has 1 saturated heterocycles. The van der Waals surface area contributed by atoms with Gasteiger partial charge in [-0.2, -0.15) is 0 Å². The number of aryl methyl sites for hydroxylation is 2. The first-order valence-electron chi connectivity index (χ1n) is 13.8. The summed E-state index contributed by atoms with van der Waals surface area (Å²) >= 11 is 0. The average Bonchev–Trinajstić information content (AvgIpc) is 3.72. The third-order valence-electron chi connectivity index (χ3n) is 8.27. The summed E-state index contributed by atoms with van der Waals surface area (Å²) in [5, 5.41) is 4.66. The zero-order chi connectivity index (χ0) is 26.2. The van der Waals surface area contributed by atoms with Crippen LogP contribution in [0.15, 0.2) is 77.9 Å². The van der Waals surface area contributed by atoms with Gasteiger partial charge in [0.05, 0.1) is 5.92 Å². The second-order valence-corrected chi connectivity index (χ2v) is 11.1. The van der Waals surface area contributed by atoms with Crippen molar-refractivity contribution in [2.24, 2.45) is 13.0 Å². The van der Waals surface area contributed by atoms with E-state index in [2.05, 4.69) is 76.4 Å². The number of nitrogens with zero attached hydrogens (tertiary/aromatic N) is 3. The molecule has 2 aliphatic rings. The van der Waals surface area contributed by atoms with Gasteiger partial charge in [0.25, 0.3) is 5.56 Å². The maximum atomic E-state index is 14.2. The zero-order valence-electron chi connectivity index (χ0n) is 22.3. The second-order valence-electron chi connectivity index (χ2n) is 11.1. The summed E-state index contributed by atoms with van der Waals surface area (Å²) in [6.45, 7) is 5.06. The van der Waals surface area contributed by atoms with Crippen molar-refractivity contribution >= 4 is 16.8 Å². The van der Waals surface area contributed by atoms with Crippen molar-refractivity contribution in [3.05, 3.63) is 106 Å². The molecule has 2 atom stereocenters. The molecular formula is C32H36N4O2. The van der Waals surface area contributed by atoms with Crippen molar-refractivity contribution in [1.82, 2.24) is 19.4 Å². The topological polar surface area (TPSA) is 59.3 Å². The van der Waals surface area contributed by atoms with Crippen LogP contribution in [0.25, 0.3) is 10.9 Å². The Balaban J connectivity index is 1.30. The minimum Gasteiger partial charge on any atom is -0.343 e. The average molecular weight is 509 g/mol. The van der Waals surface area contributed by atoms with Crippen molar-refractivity contribution in [3.63, 3.8) is 0 Å². The summed E-state index contributed by atoms with van der Waals surface area (Å²) in [7, 11) is 1.77. The molecular weight excluding hydrogens is 472 g/mol. The van der Waals surface area contributed by atoms with E-state index in [0.717, 1.165) is 37.9 Å². The Morgan fingerprint density at radius 2 is 1.89 bits per heavy atom. The lowest BCUT2D eigenvalue weighted by Crippen LogP contribution is -2.47. The number of benzene rings is 2. The predicted molar refractivity (Wildman–Crippen MR) is 151 cm³/mol. The summed E-state index contributed by atoms with van der Waals surface area (Å²) < 4.78 is 3.91. The first kappa shape index (κ1) is 24.7. The molecule has 6 heteroatoms.